The molecule has 7 heteroatoms. The second-order valence-electron chi connectivity index (χ2n) is 4.42. The molecule has 0 unspecified atom stereocenters. The molecule has 1 aromatic carbocycles. The first-order valence-electron chi connectivity index (χ1n) is 6.06. The molecule has 2 rings (SSSR count). The minimum Gasteiger partial charge on any atom is -0.399 e. The van der Waals surface area contributed by atoms with Crippen molar-refractivity contribution in [1.29, 1.82) is 10.5 Å². The number of benzene rings is 1. The highest BCUT2D eigenvalue weighted by atomic mass is 16.1. The lowest BCUT2D eigenvalue weighted by Crippen LogP contribution is -2.19. The van der Waals surface area contributed by atoms with Gasteiger partial charge in [0.15, 0.2) is 11.4 Å². The van der Waals surface area contributed by atoms with Crippen LogP contribution in [0.4, 0.5) is 11.4 Å². The van der Waals surface area contributed by atoms with Gasteiger partial charge < -0.3 is 15.6 Å². The third-order valence-corrected chi connectivity index (χ3v) is 2.90. The largest absolute Gasteiger partial charge is 0.399 e. The Balaban J connectivity index is 2.16. The van der Waals surface area contributed by atoms with Gasteiger partial charge in [-0.05, 0) is 24.6 Å². The number of nitrogens with two attached hydrogens (primary N) is 1. The molecule has 21 heavy (non-hydrogen) atoms. The summed E-state index contributed by atoms with van der Waals surface area (Å²) < 4.78 is 1.33. The maximum atomic E-state index is 12.0. The van der Waals surface area contributed by atoms with E-state index in [0.29, 0.717) is 11.4 Å². The van der Waals surface area contributed by atoms with Gasteiger partial charge in [0.1, 0.15) is 18.7 Å². The summed E-state index contributed by atoms with van der Waals surface area (Å²) in [6, 6.07) is 8.87. The Bertz CT molecular complexity index is 778. The fourth-order valence-electron chi connectivity index (χ4n) is 1.82. The number of carbonyl (C=O) groups is 1. The number of nitrogens with one attached hydrogen (secondary N) is 1. The van der Waals surface area contributed by atoms with Gasteiger partial charge in [-0.2, -0.15) is 10.5 Å². The van der Waals surface area contributed by atoms with Crippen LogP contribution < -0.4 is 11.1 Å². The predicted molar refractivity (Wildman–Crippen MR) is 75.9 cm³/mol. The molecule has 0 aliphatic heterocycles. The lowest BCUT2D eigenvalue weighted by Gasteiger charge is -2.10. The van der Waals surface area contributed by atoms with E-state index in [0.717, 1.165) is 5.56 Å². The number of anilines is 2. The number of aromatic nitrogens is 2. The zero-order valence-electron chi connectivity index (χ0n) is 11.3. The third-order valence-electron chi connectivity index (χ3n) is 2.90. The van der Waals surface area contributed by atoms with Crippen LogP contribution in [-0.2, 0) is 11.3 Å². The fraction of sp³-hybridized carbons (Fsp3) is 0.143. The van der Waals surface area contributed by atoms with Gasteiger partial charge in [0, 0.05) is 11.4 Å². The molecular weight excluding hydrogens is 268 g/mol. The van der Waals surface area contributed by atoms with E-state index in [2.05, 4.69) is 10.3 Å². The van der Waals surface area contributed by atoms with E-state index < -0.39 is 0 Å². The van der Waals surface area contributed by atoms with Crippen molar-refractivity contribution < 1.29 is 4.79 Å². The van der Waals surface area contributed by atoms with Crippen molar-refractivity contribution in [3.8, 4) is 12.1 Å². The van der Waals surface area contributed by atoms with Gasteiger partial charge in [0.25, 0.3) is 0 Å². The van der Waals surface area contributed by atoms with Crippen molar-refractivity contribution >= 4 is 17.3 Å². The Labute approximate surface area is 121 Å². The minimum atomic E-state index is -0.331. The topological polar surface area (TPSA) is 121 Å². The van der Waals surface area contributed by atoms with Gasteiger partial charge in [0.05, 0.1) is 6.33 Å². The minimum absolute atomic E-state index is 0.00503. The van der Waals surface area contributed by atoms with Gasteiger partial charge in [-0.1, -0.05) is 6.07 Å². The van der Waals surface area contributed by atoms with Crippen LogP contribution in [0.3, 0.4) is 0 Å². The molecule has 0 saturated carbocycles. The number of rotatable bonds is 3. The molecule has 0 fully saturated rings. The highest BCUT2D eigenvalue weighted by molar-refractivity contribution is 5.92. The van der Waals surface area contributed by atoms with Crippen molar-refractivity contribution in [2.45, 2.75) is 13.5 Å². The van der Waals surface area contributed by atoms with Crippen LogP contribution >= 0.6 is 0 Å². The van der Waals surface area contributed by atoms with Crippen LogP contribution in [0.1, 0.15) is 17.0 Å². The Morgan fingerprint density at radius 1 is 1.43 bits per heavy atom. The molecule has 3 N–H and O–H groups in total. The standard InChI is InChI=1S/C14H12N6O/c1-9-2-3-10(17)4-11(9)19-14(21)7-20-8-18-12(5-15)13(20)6-16/h2-4,8H,7,17H2,1H3,(H,19,21). The molecule has 0 saturated heterocycles. The molecule has 0 atom stereocenters. The maximum absolute atomic E-state index is 12.0. The van der Waals surface area contributed by atoms with Gasteiger partial charge >= 0.3 is 0 Å². The van der Waals surface area contributed by atoms with Crippen LogP contribution in [0.2, 0.25) is 0 Å². The van der Waals surface area contributed by atoms with Crippen molar-refractivity contribution in [3.05, 3.63) is 41.5 Å². The molecule has 0 radical (unpaired) electrons. The molecule has 2 aromatic rings. The Kier molecular flexibility index (Phi) is 3.87. The maximum Gasteiger partial charge on any atom is 0.244 e. The summed E-state index contributed by atoms with van der Waals surface area (Å²) in [5, 5.41) is 20.5. The summed E-state index contributed by atoms with van der Waals surface area (Å²) in [5.41, 5.74) is 7.78. The average molecular weight is 280 g/mol. The predicted octanol–water partition coefficient (Wildman–Crippen LogP) is 1.16. The SMILES string of the molecule is Cc1ccc(N)cc1NC(=O)Cn1cnc(C#N)c1C#N. The number of nitrogens with zero attached hydrogens (tertiary/aromatic N) is 4. The summed E-state index contributed by atoms with van der Waals surface area (Å²) in [5.74, 6) is -0.331. The van der Waals surface area contributed by atoms with Crippen LogP contribution in [0.15, 0.2) is 24.5 Å². The first-order chi connectivity index (χ1) is 10.0. The van der Waals surface area contributed by atoms with Crippen LogP contribution in [-0.4, -0.2) is 15.5 Å². The van der Waals surface area contributed by atoms with E-state index in [1.807, 2.05) is 13.0 Å². The van der Waals surface area contributed by atoms with E-state index in [4.69, 9.17) is 16.3 Å². The van der Waals surface area contributed by atoms with E-state index in [-0.39, 0.29) is 23.8 Å². The van der Waals surface area contributed by atoms with Gasteiger partial charge in [0.2, 0.25) is 5.91 Å². The Morgan fingerprint density at radius 3 is 2.86 bits per heavy atom. The number of carbonyl (C=O) groups excluding carboxylic acids is 1. The number of imidazole rings is 1. The first-order valence-corrected chi connectivity index (χ1v) is 6.06. The fourth-order valence-corrected chi connectivity index (χ4v) is 1.82. The van der Waals surface area contributed by atoms with E-state index in [9.17, 15) is 4.79 Å². The third kappa shape index (κ3) is 2.99. The highest BCUT2D eigenvalue weighted by Gasteiger charge is 2.13. The van der Waals surface area contributed by atoms with E-state index in [1.54, 1.807) is 24.3 Å². The molecule has 1 heterocycles. The van der Waals surface area contributed by atoms with Crippen molar-refractivity contribution in [2.75, 3.05) is 11.1 Å². The number of hydrogen-bond acceptors (Lipinski definition) is 5. The number of hydrogen-bond donors (Lipinski definition) is 2. The van der Waals surface area contributed by atoms with Crippen LogP contribution in [0.25, 0.3) is 0 Å². The Hall–Kier alpha value is -3.32. The molecular formula is C14H12N6O. The lowest BCUT2D eigenvalue weighted by molar-refractivity contribution is -0.116. The van der Waals surface area contributed by atoms with Gasteiger partial charge in [-0.25, -0.2) is 4.98 Å². The highest BCUT2D eigenvalue weighted by Crippen LogP contribution is 2.18. The summed E-state index contributed by atoms with van der Waals surface area (Å²) in [6.07, 6.45) is 1.29. The normalized spacial score (nSPS) is 9.67. The average Bonchev–Trinajstić information content (AvgIpc) is 2.84. The van der Waals surface area contributed by atoms with E-state index in [1.165, 1.54) is 10.9 Å². The summed E-state index contributed by atoms with van der Waals surface area (Å²) in [4.78, 5) is 15.8. The van der Waals surface area contributed by atoms with Crippen LogP contribution in [0.5, 0.6) is 0 Å². The molecule has 104 valence electrons. The zero-order valence-corrected chi connectivity index (χ0v) is 11.3. The van der Waals surface area contributed by atoms with Crippen molar-refractivity contribution in [3.63, 3.8) is 0 Å². The molecule has 1 amide bonds. The Morgan fingerprint density at radius 2 is 2.19 bits per heavy atom. The second kappa shape index (κ2) is 5.76. The smallest absolute Gasteiger partial charge is 0.244 e. The molecule has 0 bridgehead atoms. The number of amides is 1. The van der Waals surface area contributed by atoms with Crippen LogP contribution in [0, 0.1) is 29.6 Å². The summed E-state index contributed by atoms with van der Waals surface area (Å²) >= 11 is 0. The quantitative estimate of drug-likeness (QED) is 0.817. The summed E-state index contributed by atoms with van der Waals surface area (Å²) in [7, 11) is 0. The van der Waals surface area contributed by atoms with Gasteiger partial charge in [-0.15, -0.1) is 0 Å². The zero-order chi connectivity index (χ0) is 15.4. The van der Waals surface area contributed by atoms with Crippen molar-refractivity contribution in [2.24, 2.45) is 0 Å². The monoisotopic (exact) mass is 280 g/mol. The molecule has 0 spiro atoms. The number of nitrogen functional groups attached to an aromatic ring is 1. The number of aryl methyl sites for hydroxylation is 1. The molecule has 0 aliphatic rings. The lowest BCUT2D eigenvalue weighted by atomic mass is 10.2. The molecule has 7 nitrogen and oxygen atoms in total. The second-order valence-corrected chi connectivity index (χ2v) is 4.42. The van der Waals surface area contributed by atoms with Crippen molar-refractivity contribution in [1.82, 2.24) is 9.55 Å². The summed E-state index contributed by atoms with van der Waals surface area (Å²) in [6.45, 7) is 1.74. The molecule has 0 aliphatic carbocycles. The van der Waals surface area contributed by atoms with E-state index >= 15 is 0 Å². The first kappa shape index (κ1) is 14.1. The number of nitriles is 2. The van der Waals surface area contributed by atoms with Gasteiger partial charge in [-0.3, -0.25) is 4.79 Å². The molecule has 1 aromatic heterocycles.